The summed E-state index contributed by atoms with van der Waals surface area (Å²) >= 11 is 0. The predicted molar refractivity (Wildman–Crippen MR) is 139 cm³/mol. The van der Waals surface area contributed by atoms with Crippen LogP contribution in [-0.2, 0) is 4.74 Å². The standard InChI is InChI=1S/C28H31F2N5O2/c1-17-14-20(18(2)32-21-9-7-6-8-19(21)26(36)37-27(3,4)5)24-22(15-17)33-23(16-31)25(34-24)35-12-10-28(29,30)11-13-35/h6-9,14-15,18,32H,10-13H2,1-5H3/t18-/m1/s1. The first-order valence-corrected chi connectivity index (χ1v) is 12.3. The van der Waals surface area contributed by atoms with E-state index >= 15 is 0 Å². The molecule has 9 heteroatoms. The van der Waals surface area contributed by atoms with Crippen molar-refractivity contribution in [3.63, 3.8) is 0 Å². The van der Waals surface area contributed by atoms with Crippen LogP contribution in [-0.4, -0.2) is 40.6 Å². The summed E-state index contributed by atoms with van der Waals surface area (Å²) in [4.78, 5) is 23.9. The number of hydrogen-bond donors (Lipinski definition) is 1. The average molecular weight is 508 g/mol. The molecule has 1 aliphatic rings. The van der Waals surface area contributed by atoms with E-state index in [1.165, 1.54) is 0 Å². The summed E-state index contributed by atoms with van der Waals surface area (Å²) in [6, 6.07) is 12.7. The van der Waals surface area contributed by atoms with Crippen LogP contribution in [0, 0.1) is 18.3 Å². The molecule has 7 nitrogen and oxygen atoms in total. The number of halogens is 2. The summed E-state index contributed by atoms with van der Waals surface area (Å²) in [7, 11) is 0. The van der Waals surface area contributed by atoms with Crippen molar-refractivity contribution < 1.29 is 18.3 Å². The Balaban J connectivity index is 1.72. The van der Waals surface area contributed by atoms with Crippen molar-refractivity contribution in [3.05, 3.63) is 58.8 Å². The van der Waals surface area contributed by atoms with Gasteiger partial charge in [0.05, 0.1) is 22.6 Å². The largest absolute Gasteiger partial charge is 0.456 e. The summed E-state index contributed by atoms with van der Waals surface area (Å²) in [6.07, 6.45) is -0.588. The number of nitrogens with one attached hydrogen (secondary N) is 1. The third kappa shape index (κ3) is 5.96. The maximum Gasteiger partial charge on any atom is 0.340 e. The van der Waals surface area contributed by atoms with Crippen molar-refractivity contribution in [2.75, 3.05) is 23.3 Å². The number of esters is 1. The Hall–Kier alpha value is -3.80. The molecule has 0 bridgehead atoms. The van der Waals surface area contributed by atoms with Gasteiger partial charge in [-0.15, -0.1) is 0 Å². The van der Waals surface area contributed by atoms with Crippen LogP contribution in [0.2, 0.25) is 0 Å². The van der Waals surface area contributed by atoms with Gasteiger partial charge in [-0.3, -0.25) is 0 Å². The highest BCUT2D eigenvalue weighted by Gasteiger charge is 2.35. The van der Waals surface area contributed by atoms with Crippen LogP contribution in [0.15, 0.2) is 36.4 Å². The van der Waals surface area contributed by atoms with Crippen molar-refractivity contribution in [1.29, 1.82) is 5.26 Å². The quantitative estimate of drug-likeness (QED) is 0.413. The fraction of sp³-hybridized carbons (Fsp3) is 0.429. The van der Waals surface area contributed by atoms with Gasteiger partial charge in [0.1, 0.15) is 11.7 Å². The zero-order valence-electron chi connectivity index (χ0n) is 21.7. The van der Waals surface area contributed by atoms with Gasteiger partial charge in [0.25, 0.3) is 5.92 Å². The Morgan fingerprint density at radius 2 is 1.86 bits per heavy atom. The molecule has 0 radical (unpaired) electrons. The zero-order valence-corrected chi connectivity index (χ0v) is 21.7. The lowest BCUT2D eigenvalue weighted by atomic mass is 10.0. The molecule has 1 fully saturated rings. The molecular formula is C28H31F2N5O2. The smallest absolute Gasteiger partial charge is 0.340 e. The average Bonchev–Trinajstić information content (AvgIpc) is 2.82. The molecule has 0 saturated carbocycles. The third-order valence-corrected chi connectivity index (χ3v) is 6.21. The first-order chi connectivity index (χ1) is 17.4. The molecular weight excluding hydrogens is 476 g/mol. The topological polar surface area (TPSA) is 91.1 Å². The molecule has 1 aliphatic heterocycles. The third-order valence-electron chi connectivity index (χ3n) is 6.21. The zero-order chi connectivity index (χ0) is 27.0. The van der Waals surface area contributed by atoms with Crippen LogP contribution in [0.25, 0.3) is 11.0 Å². The monoisotopic (exact) mass is 507 g/mol. The van der Waals surface area contributed by atoms with E-state index in [4.69, 9.17) is 9.72 Å². The van der Waals surface area contributed by atoms with E-state index in [1.54, 1.807) is 17.0 Å². The number of nitriles is 1. The fourth-order valence-electron chi connectivity index (χ4n) is 4.43. The first-order valence-electron chi connectivity index (χ1n) is 12.3. The van der Waals surface area contributed by atoms with Crippen LogP contribution < -0.4 is 10.2 Å². The van der Waals surface area contributed by atoms with Gasteiger partial charge in [0.2, 0.25) is 0 Å². The van der Waals surface area contributed by atoms with Crippen molar-refractivity contribution in [3.8, 4) is 6.07 Å². The minimum Gasteiger partial charge on any atom is -0.456 e. The van der Waals surface area contributed by atoms with Gasteiger partial charge in [0, 0.05) is 37.2 Å². The second-order valence-corrected chi connectivity index (χ2v) is 10.5. The van der Waals surface area contributed by atoms with Crippen LogP contribution in [0.4, 0.5) is 20.3 Å². The normalized spacial score (nSPS) is 16.2. The maximum absolute atomic E-state index is 13.8. The Bertz CT molecular complexity index is 1370. The van der Waals surface area contributed by atoms with E-state index in [9.17, 15) is 18.8 Å². The van der Waals surface area contributed by atoms with Gasteiger partial charge >= 0.3 is 5.97 Å². The number of nitrogens with zero attached hydrogens (tertiary/aromatic N) is 4. The fourth-order valence-corrected chi connectivity index (χ4v) is 4.43. The van der Waals surface area contributed by atoms with Crippen LogP contribution in [0.3, 0.4) is 0 Å². The number of aryl methyl sites for hydroxylation is 1. The number of anilines is 2. The molecule has 194 valence electrons. The van der Waals surface area contributed by atoms with Crippen LogP contribution in [0.5, 0.6) is 0 Å². The molecule has 1 N–H and O–H groups in total. The molecule has 3 aromatic rings. The number of rotatable bonds is 5. The molecule has 0 spiro atoms. The summed E-state index contributed by atoms with van der Waals surface area (Å²) < 4.78 is 33.1. The van der Waals surface area contributed by atoms with Crippen molar-refractivity contribution in [2.24, 2.45) is 0 Å². The number of aromatic nitrogens is 2. The SMILES string of the molecule is Cc1cc([C@@H](C)Nc2ccccc2C(=O)OC(C)(C)C)c2nc(N3CCC(F)(F)CC3)c(C#N)nc2c1. The number of fused-ring (bicyclic) bond motifs is 1. The number of hydrogen-bond acceptors (Lipinski definition) is 7. The second kappa shape index (κ2) is 9.92. The van der Waals surface area contributed by atoms with E-state index in [0.717, 1.165) is 11.1 Å². The molecule has 0 unspecified atom stereocenters. The van der Waals surface area contributed by atoms with Gasteiger partial charge in [-0.25, -0.2) is 23.5 Å². The highest BCUT2D eigenvalue weighted by Crippen LogP contribution is 2.34. The Morgan fingerprint density at radius 1 is 1.19 bits per heavy atom. The lowest BCUT2D eigenvalue weighted by molar-refractivity contribution is -0.0221. The van der Waals surface area contributed by atoms with Crippen LogP contribution in [0.1, 0.15) is 73.8 Å². The second-order valence-electron chi connectivity index (χ2n) is 10.5. The van der Waals surface area contributed by atoms with Crippen molar-refractivity contribution >= 4 is 28.5 Å². The molecule has 4 rings (SSSR count). The molecule has 0 aliphatic carbocycles. The molecule has 2 heterocycles. The first kappa shape index (κ1) is 26.3. The Labute approximate surface area is 215 Å². The number of piperidine rings is 1. The summed E-state index contributed by atoms with van der Waals surface area (Å²) in [5.41, 5.74) is 3.37. The predicted octanol–water partition coefficient (Wildman–Crippen LogP) is 6.17. The number of benzene rings is 2. The lowest BCUT2D eigenvalue weighted by Crippen LogP contribution is -2.40. The van der Waals surface area contributed by atoms with Gasteiger partial charge in [0.15, 0.2) is 11.5 Å². The number of para-hydroxylation sites is 1. The lowest BCUT2D eigenvalue weighted by Gasteiger charge is -2.33. The highest BCUT2D eigenvalue weighted by molar-refractivity contribution is 5.96. The van der Waals surface area contributed by atoms with E-state index in [0.29, 0.717) is 28.1 Å². The van der Waals surface area contributed by atoms with Crippen molar-refractivity contribution in [1.82, 2.24) is 9.97 Å². The van der Waals surface area contributed by atoms with Gasteiger partial charge in [-0.05, 0) is 58.4 Å². The van der Waals surface area contributed by atoms with Gasteiger partial charge in [-0.2, -0.15) is 5.26 Å². The summed E-state index contributed by atoms with van der Waals surface area (Å²) in [6.45, 7) is 9.52. The number of carbonyl (C=O) groups is 1. The van der Waals surface area contributed by atoms with E-state index < -0.39 is 17.5 Å². The molecule has 37 heavy (non-hydrogen) atoms. The summed E-state index contributed by atoms with van der Waals surface area (Å²) in [5, 5.41) is 13.1. The molecule has 1 aromatic heterocycles. The minimum atomic E-state index is -2.71. The van der Waals surface area contributed by atoms with Crippen LogP contribution >= 0.6 is 0 Å². The number of ether oxygens (including phenoxy) is 1. The summed E-state index contributed by atoms with van der Waals surface area (Å²) in [5.74, 6) is -2.83. The molecule has 1 atom stereocenters. The molecule has 1 saturated heterocycles. The number of alkyl halides is 2. The van der Waals surface area contributed by atoms with E-state index in [1.807, 2.05) is 58.9 Å². The molecule has 0 amide bonds. The Kier molecular flexibility index (Phi) is 7.05. The minimum absolute atomic E-state index is 0.0973. The van der Waals surface area contributed by atoms with Gasteiger partial charge < -0.3 is 15.0 Å². The van der Waals surface area contributed by atoms with Crippen molar-refractivity contribution in [2.45, 2.75) is 65.0 Å². The number of carbonyl (C=O) groups excluding carboxylic acids is 1. The van der Waals surface area contributed by atoms with E-state index in [2.05, 4.69) is 16.4 Å². The maximum atomic E-state index is 13.8. The van der Waals surface area contributed by atoms with Gasteiger partial charge in [-0.1, -0.05) is 18.2 Å². The van der Waals surface area contributed by atoms with E-state index in [-0.39, 0.29) is 37.7 Å². The highest BCUT2D eigenvalue weighted by atomic mass is 19.3. The Morgan fingerprint density at radius 3 is 2.51 bits per heavy atom. The molecule has 2 aromatic carbocycles.